The molecular weight excluding hydrogens is 239 g/mol. The van der Waals surface area contributed by atoms with Crippen molar-refractivity contribution in [1.29, 1.82) is 0 Å². The van der Waals surface area contributed by atoms with Crippen LogP contribution in [-0.2, 0) is 0 Å². The van der Waals surface area contributed by atoms with Crippen molar-refractivity contribution in [1.82, 2.24) is 9.38 Å². The molecule has 0 unspecified atom stereocenters. The SMILES string of the molecule is Cc1cn2cc(Br)c(=O)c(F)c2[nH]1. The number of pyridine rings is 1. The third-order valence-corrected chi connectivity index (χ3v) is 2.35. The first-order valence-electron chi connectivity index (χ1n) is 3.65. The summed E-state index contributed by atoms with van der Waals surface area (Å²) in [5.74, 6) is -0.762. The van der Waals surface area contributed by atoms with Gasteiger partial charge in [0.05, 0.1) is 4.47 Å². The van der Waals surface area contributed by atoms with Gasteiger partial charge in [-0.15, -0.1) is 0 Å². The summed E-state index contributed by atoms with van der Waals surface area (Å²) >= 11 is 2.99. The van der Waals surface area contributed by atoms with Gasteiger partial charge in [0.15, 0.2) is 5.65 Å². The van der Waals surface area contributed by atoms with Crippen molar-refractivity contribution in [3.8, 4) is 0 Å². The fourth-order valence-corrected chi connectivity index (χ4v) is 1.61. The molecule has 0 aliphatic rings. The molecule has 0 atom stereocenters. The Kier molecular flexibility index (Phi) is 1.76. The molecule has 2 rings (SSSR count). The van der Waals surface area contributed by atoms with Crippen molar-refractivity contribution in [2.75, 3.05) is 0 Å². The zero-order chi connectivity index (χ0) is 9.59. The van der Waals surface area contributed by atoms with Crippen molar-refractivity contribution in [3.05, 3.63) is 38.6 Å². The van der Waals surface area contributed by atoms with Crippen molar-refractivity contribution in [2.24, 2.45) is 0 Å². The molecule has 0 saturated carbocycles. The number of fused-ring (bicyclic) bond motifs is 1. The number of nitrogens with one attached hydrogen (secondary N) is 1. The molecular formula is C8H6BrFN2O. The van der Waals surface area contributed by atoms with Crippen molar-refractivity contribution < 1.29 is 4.39 Å². The monoisotopic (exact) mass is 244 g/mol. The van der Waals surface area contributed by atoms with Crippen LogP contribution in [0.2, 0.25) is 0 Å². The van der Waals surface area contributed by atoms with E-state index in [-0.39, 0.29) is 10.1 Å². The zero-order valence-electron chi connectivity index (χ0n) is 6.77. The maximum Gasteiger partial charge on any atom is 0.233 e. The Bertz CT molecular complexity index is 529. The van der Waals surface area contributed by atoms with E-state index in [9.17, 15) is 9.18 Å². The summed E-state index contributed by atoms with van der Waals surface area (Å²) in [6, 6.07) is 0. The first-order chi connectivity index (χ1) is 6.09. The average Bonchev–Trinajstić information content (AvgIpc) is 2.42. The van der Waals surface area contributed by atoms with Gasteiger partial charge in [0.1, 0.15) is 0 Å². The lowest BCUT2D eigenvalue weighted by atomic mass is 10.4. The van der Waals surface area contributed by atoms with E-state index in [0.717, 1.165) is 5.69 Å². The van der Waals surface area contributed by atoms with Gasteiger partial charge >= 0.3 is 0 Å². The van der Waals surface area contributed by atoms with Crippen molar-refractivity contribution in [2.45, 2.75) is 6.92 Å². The van der Waals surface area contributed by atoms with Gasteiger partial charge < -0.3 is 9.38 Å². The second-order valence-electron chi connectivity index (χ2n) is 2.81. The maximum absolute atomic E-state index is 13.3. The summed E-state index contributed by atoms with van der Waals surface area (Å²) in [6.45, 7) is 1.80. The first-order valence-corrected chi connectivity index (χ1v) is 4.44. The molecule has 0 fully saturated rings. The van der Waals surface area contributed by atoms with Crippen LogP contribution in [0.3, 0.4) is 0 Å². The Labute approximate surface area is 81.3 Å². The Hall–Kier alpha value is -1.10. The van der Waals surface area contributed by atoms with Gasteiger partial charge in [-0.3, -0.25) is 4.79 Å². The highest BCUT2D eigenvalue weighted by atomic mass is 79.9. The third kappa shape index (κ3) is 1.19. The van der Waals surface area contributed by atoms with E-state index in [1.165, 1.54) is 10.6 Å². The molecule has 2 aromatic heterocycles. The van der Waals surface area contributed by atoms with Gasteiger partial charge in [-0.25, -0.2) is 0 Å². The predicted octanol–water partition coefficient (Wildman–Crippen LogP) is 1.84. The Balaban J connectivity index is 3.01. The fourth-order valence-electron chi connectivity index (χ4n) is 1.22. The van der Waals surface area contributed by atoms with Gasteiger partial charge in [0.2, 0.25) is 11.2 Å². The largest absolute Gasteiger partial charge is 0.341 e. The lowest BCUT2D eigenvalue weighted by molar-refractivity contribution is 0.618. The van der Waals surface area contributed by atoms with Crippen LogP contribution in [0.25, 0.3) is 5.65 Å². The molecule has 0 aromatic carbocycles. The standard InChI is InChI=1S/C8H6BrFN2O/c1-4-2-12-3-5(9)7(13)6(10)8(12)11-4/h2-3,11H,1H3. The van der Waals surface area contributed by atoms with E-state index in [2.05, 4.69) is 20.9 Å². The molecule has 0 bridgehead atoms. The van der Waals surface area contributed by atoms with Crippen molar-refractivity contribution in [3.63, 3.8) is 0 Å². The Morgan fingerprint density at radius 3 is 2.92 bits per heavy atom. The number of imidazole rings is 1. The van der Waals surface area contributed by atoms with E-state index in [4.69, 9.17) is 0 Å². The summed E-state index contributed by atoms with van der Waals surface area (Å²) in [7, 11) is 0. The number of rotatable bonds is 0. The number of aromatic nitrogens is 2. The highest BCUT2D eigenvalue weighted by molar-refractivity contribution is 9.10. The van der Waals surface area contributed by atoms with Crippen molar-refractivity contribution >= 4 is 21.6 Å². The number of hydrogen-bond donors (Lipinski definition) is 1. The number of halogens is 2. The number of nitrogens with zero attached hydrogens (tertiary/aromatic N) is 1. The van der Waals surface area contributed by atoms with Gasteiger partial charge in [0, 0.05) is 18.1 Å². The van der Waals surface area contributed by atoms with Crippen LogP contribution in [0.15, 0.2) is 21.7 Å². The molecule has 3 nitrogen and oxygen atoms in total. The normalized spacial score (nSPS) is 11.0. The smallest absolute Gasteiger partial charge is 0.233 e. The lowest BCUT2D eigenvalue weighted by Gasteiger charge is -1.95. The van der Waals surface area contributed by atoms with Gasteiger partial charge in [-0.1, -0.05) is 0 Å². The highest BCUT2D eigenvalue weighted by Gasteiger charge is 2.09. The molecule has 1 N–H and O–H groups in total. The molecule has 0 spiro atoms. The maximum atomic E-state index is 13.3. The Morgan fingerprint density at radius 2 is 2.23 bits per heavy atom. The van der Waals surface area contributed by atoms with E-state index in [1.807, 2.05) is 0 Å². The van der Waals surface area contributed by atoms with Gasteiger partial charge in [-0.05, 0) is 22.9 Å². The van der Waals surface area contributed by atoms with Crippen LogP contribution in [0, 0.1) is 12.7 Å². The van der Waals surface area contributed by atoms with E-state index in [1.54, 1.807) is 13.1 Å². The molecule has 0 aliphatic heterocycles. The zero-order valence-corrected chi connectivity index (χ0v) is 8.35. The number of hydrogen-bond acceptors (Lipinski definition) is 1. The number of aryl methyl sites for hydroxylation is 1. The minimum absolute atomic E-state index is 0.200. The van der Waals surface area contributed by atoms with Crippen LogP contribution < -0.4 is 5.43 Å². The summed E-state index contributed by atoms with van der Waals surface area (Å²) in [4.78, 5) is 13.9. The molecule has 0 saturated heterocycles. The van der Waals surface area contributed by atoms with Crippen LogP contribution >= 0.6 is 15.9 Å². The summed E-state index contributed by atoms with van der Waals surface area (Å²) in [6.07, 6.45) is 3.24. The van der Waals surface area contributed by atoms with Crippen LogP contribution in [0.1, 0.15) is 5.69 Å². The second-order valence-corrected chi connectivity index (χ2v) is 3.67. The fraction of sp³-hybridized carbons (Fsp3) is 0.125. The third-order valence-electron chi connectivity index (χ3n) is 1.78. The molecule has 5 heteroatoms. The number of H-pyrrole nitrogens is 1. The minimum atomic E-state index is -0.762. The molecule has 0 amide bonds. The van der Waals surface area contributed by atoms with E-state index < -0.39 is 11.2 Å². The summed E-state index contributed by atoms with van der Waals surface area (Å²) < 4.78 is 15.0. The molecule has 0 aliphatic carbocycles. The highest BCUT2D eigenvalue weighted by Crippen LogP contribution is 2.10. The predicted molar refractivity (Wildman–Crippen MR) is 50.4 cm³/mol. The van der Waals surface area contributed by atoms with Crippen LogP contribution in [0.5, 0.6) is 0 Å². The molecule has 2 aromatic rings. The lowest BCUT2D eigenvalue weighted by Crippen LogP contribution is -2.09. The number of aromatic amines is 1. The van der Waals surface area contributed by atoms with Gasteiger partial charge in [0.25, 0.3) is 0 Å². The molecule has 0 radical (unpaired) electrons. The molecule has 68 valence electrons. The van der Waals surface area contributed by atoms with E-state index in [0.29, 0.717) is 0 Å². The first kappa shape index (κ1) is 8.50. The summed E-state index contributed by atoms with van der Waals surface area (Å²) in [5, 5.41) is 0. The molecule has 13 heavy (non-hydrogen) atoms. The van der Waals surface area contributed by atoms with E-state index >= 15 is 0 Å². The molecule has 2 heterocycles. The second kappa shape index (κ2) is 2.70. The van der Waals surface area contributed by atoms with Gasteiger partial charge in [-0.2, -0.15) is 4.39 Å². The Morgan fingerprint density at radius 1 is 1.54 bits per heavy atom. The quantitative estimate of drug-likeness (QED) is 0.755. The van der Waals surface area contributed by atoms with Crippen LogP contribution in [-0.4, -0.2) is 9.38 Å². The van der Waals surface area contributed by atoms with Crippen LogP contribution in [0.4, 0.5) is 4.39 Å². The minimum Gasteiger partial charge on any atom is -0.341 e. The average molecular weight is 245 g/mol. The summed E-state index contributed by atoms with van der Waals surface area (Å²) in [5.41, 5.74) is 0.379. The topological polar surface area (TPSA) is 37.3 Å².